The molecule has 4 heteroatoms. The monoisotopic (exact) mass is 251 g/mol. The average Bonchev–Trinajstić information content (AvgIpc) is 2.87. The van der Waals surface area contributed by atoms with Crippen LogP contribution in [0.4, 0.5) is 0 Å². The molecule has 1 aliphatic heterocycles. The first-order valence-electron chi connectivity index (χ1n) is 7.01. The van der Waals surface area contributed by atoms with Gasteiger partial charge in [-0.05, 0) is 18.1 Å². The van der Waals surface area contributed by atoms with E-state index in [0.29, 0.717) is 0 Å². The lowest BCUT2D eigenvalue weighted by Crippen LogP contribution is -2.38. The van der Waals surface area contributed by atoms with Gasteiger partial charge in [0.25, 0.3) is 0 Å². The van der Waals surface area contributed by atoms with E-state index in [-0.39, 0.29) is 6.04 Å². The molecule has 0 amide bonds. The summed E-state index contributed by atoms with van der Waals surface area (Å²) < 4.78 is 7.60. The van der Waals surface area contributed by atoms with Gasteiger partial charge >= 0.3 is 0 Å². The zero-order valence-corrected chi connectivity index (χ0v) is 11.3. The van der Waals surface area contributed by atoms with E-state index in [2.05, 4.69) is 34.9 Å². The van der Waals surface area contributed by atoms with Crippen LogP contribution in [-0.4, -0.2) is 42.3 Å². The molecule has 1 saturated heterocycles. The minimum atomic E-state index is 0.194. The first-order chi connectivity index (χ1) is 8.79. The number of nitrogens with zero attached hydrogens (tertiary/aromatic N) is 2. The van der Waals surface area contributed by atoms with E-state index < -0.39 is 0 Å². The second kappa shape index (κ2) is 6.92. The molecule has 0 saturated carbocycles. The molecule has 1 aliphatic rings. The highest BCUT2D eigenvalue weighted by Crippen LogP contribution is 2.15. The molecule has 1 fully saturated rings. The molecule has 4 nitrogen and oxygen atoms in total. The average molecular weight is 251 g/mol. The van der Waals surface area contributed by atoms with E-state index in [1.54, 1.807) is 0 Å². The highest BCUT2D eigenvalue weighted by Gasteiger charge is 2.10. The summed E-state index contributed by atoms with van der Waals surface area (Å²) in [7, 11) is 0. The molecule has 0 spiro atoms. The molecule has 1 atom stereocenters. The molecule has 18 heavy (non-hydrogen) atoms. The van der Waals surface area contributed by atoms with Gasteiger partial charge < -0.3 is 15.0 Å². The molecule has 0 bridgehead atoms. The van der Waals surface area contributed by atoms with Gasteiger partial charge in [0.15, 0.2) is 0 Å². The van der Waals surface area contributed by atoms with E-state index in [9.17, 15) is 0 Å². The van der Waals surface area contributed by atoms with E-state index >= 15 is 0 Å². The highest BCUT2D eigenvalue weighted by atomic mass is 16.5. The topological polar surface area (TPSA) is 43.4 Å². The lowest BCUT2D eigenvalue weighted by Gasteiger charge is -2.26. The molecule has 1 aromatic rings. The molecular weight excluding hydrogens is 226 g/mol. The maximum Gasteiger partial charge on any atom is 0.0594 e. The predicted octanol–water partition coefficient (Wildman–Crippen LogP) is 1.62. The molecule has 2 rings (SSSR count). The Morgan fingerprint density at radius 2 is 2.11 bits per heavy atom. The number of morpholine rings is 1. The van der Waals surface area contributed by atoms with Crippen LogP contribution in [0, 0.1) is 0 Å². The fraction of sp³-hybridized carbons (Fsp3) is 0.714. The molecule has 2 heterocycles. The van der Waals surface area contributed by atoms with E-state index in [4.69, 9.17) is 10.5 Å². The van der Waals surface area contributed by atoms with Crippen LogP contribution in [0.3, 0.4) is 0 Å². The predicted molar refractivity (Wildman–Crippen MR) is 73.5 cm³/mol. The SMILES string of the molecule is CCCC(N)c1ccn(CCN2CCOCC2)c1. The van der Waals surface area contributed by atoms with Crippen molar-refractivity contribution in [2.75, 3.05) is 32.8 Å². The van der Waals surface area contributed by atoms with Gasteiger partial charge in [-0.3, -0.25) is 4.90 Å². The largest absolute Gasteiger partial charge is 0.379 e. The zero-order valence-electron chi connectivity index (χ0n) is 11.3. The van der Waals surface area contributed by atoms with Crippen LogP contribution in [0.15, 0.2) is 18.5 Å². The van der Waals surface area contributed by atoms with Gasteiger partial charge in [0.1, 0.15) is 0 Å². The maximum atomic E-state index is 6.12. The van der Waals surface area contributed by atoms with Crippen LogP contribution in [0.2, 0.25) is 0 Å². The van der Waals surface area contributed by atoms with E-state index in [0.717, 1.165) is 52.2 Å². The van der Waals surface area contributed by atoms with E-state index in [1.807, 2.05) is 0 Å². The lowest BCUT2D eigenvalue weighted by atomic mass is 10.1. The highest BCUT2D eigenvalue weighted by molar-refractivity contribution is 5.14. The normalized spacial score (nSPS) is 19.0. The summed E-state index contributed by atoms with van der Waals surface area (Å²) >= 11 is 0. The molecule has 1 aromatic heterocycles. The third-order valence-corrected chi connectivity index (χ3v) is 3.58. The van der Waals surface area contributed by atoms with Gasteiger partial charge in [0.05, 0.1) is 13.2 Å². The van der Waals surface area contributed by atoms with E-state index in [1.165, 1.54) is 5.56 Å². The number of hydrogen-bond donors (Lipinski definition) is 1. The Kier molecular flexibility index (Phi) is 5.23. The number of hydrogen-bond acceptors (Lipinski definition) is 3. The van der Waals surface area contributed by atoms with Crippen molar-refractivity contribution in [3.63, 3.8) is 0 Å². The zero-order chi connectivity index (χ0) is 12.8. The van der Waals surface area contributed by atoms with Crippen LogP contribution in [0.5, 0.6) is 0 Å². The Balaban J connectivity index is 1.79. The van der Waals surface area contributed by atoms with Crippen molar-refractivity contribution in [2.24, 2.45) is 5.73 Å². The molecule has 0 radical (unpaired) electrons. The van der Waals surface area contributed by atoms with Gasteiger partial charge in [0, 0.05) is 44.6 Å². The van der Waals surface area contributed by atoms with Gasteiger partial charge in [-0.2, -0.15) is 0 Å². The Morgan fingerprint density at radius 1 is 1.33 bits per heavy atom. The fourth-order valence-electron chi connectivity index (χ4n) is 2.38. The summed E-state index contributed by atoms with van der Waals surface area (Å²) in [5, 5.41) is 0. The number of nitrogens with two attached hydrogens (primary N) is 1. The van der Waals surface area contributed by atoms with Crippen molar-refractivity contribution >= 4 is 0 Å². The summed E-state index contributed by atoms with van der Waals surface area (Å²) in [6.45, 7) is 8.18. The lowest BCUT2D eigenvalue weighted by molar-refractivity contribution is 0.0364. The Bertz CT molecular complexity index is 345. The minimum Gasteiger partial charge on any atom is -0.379 e. The summed E-state index contributed by atoms with van der Waals surface area (Å²) in [4.78, 5) is 2.45. The molecule has 102 valence electrons. The quantitative estimate of drug-likeness (QED) is 0.835. The van der Waals surface area contributed by atoms with Crippen molar-refractivity contribution < 1.29 is 4.74 Å². The summed E-state index contributed by atoms with van der Waals surface area (Å²) in [6, 6.07) is 2.35. The number of aromatic nitrogens is 1. The summed E-state index contributed by atoms with van der Waals surface area (Å²) in [5.41, 5.74) is 7.38. The molecule has 0 aliphatic carbocycles. The van der Waals surface area contributed by atoms with Crippen molar-refractivity contribution in [2.45, 2.75) is 32.4 Å². The Hall–Kier alpha value is -0.840. The second-order valence-corrected chi connectivity index (χ2v) is 5.03. The standard InChI is InChI=1S/C14H25N3O/c1-2-3-14(15)13-4-5-17(12-13)7-6-16-8-10-18-11-9-16/h4-5,12,14H,2-3,6-11,15H2,1H3. The minimum absolute atomic E-state index is 0.194. The Morgan fingerprint density at radius 3 is 2.83 bits per heavy atom. The van der Waals surface area contributed by atoms with Crippen LogP contribution < -0.4 is 5.73 Å². The first-order valence-corrected chi connectivity index (χ1v) is 7.01. The molecule has 2 N–H and O–H groups in total. The van der Waals surface area contributed by atoms with Crippen molar-refractivity contribution in [3.05, 3.63) is 24.0 Å². The van der Waals surface area contributed by atoms with Crippen molar-refractivity contribution in [1.29, 1.82) is 0 Å². The van der Waals surface area contributed by atoms with Crippen LogP contribution in [0.25, 0.3) is 0 Å². The van der Waals surface area contributed by atoms with Crippen molar-refractivity contribution in [1.82, 2.24) is 9.47 Å². The second-order valence-electron chi connectivity index (χ2n) is 5.03. The van der Waals surface area contributed by atoms with Gasteiger partial charge in [-0.15, -0.1) is 0 Å². The third-order valence-electron chi connectivity index (χ3n) is 3.58. The third kappa shape index (κ3) is 3.83. The fourth-order valence-corrected chi connectivity index (χ4v) is 2.38. The Labute approximate surface area is 110 Å². The number of ether oxygens (including phenoxy) is 1. The summed E-state index contributed by atoms with van der Waals surface area (Å²) in [6.07, 6.45) is 6.54. The van der Waals surface area contributed by atoms with Crippen LogP contribution in [-0.2, 0) is 11.3 Å². The smallest absolute Gasteiger partial charge is 0.0594 e. The molecule has 1 unspecified atom stereocenters. The van der Waals surface area contributed by atoms with Gasteiger partial charge in [-0.25, -0.2) is 0 Å². The van der Waals surface area contributed by atoms with Crippen LogP contribution in [0.1, 0.15) is 31.4 Å². The number of rotatable bonds is 6. The molecular formula is C14H25N3O. The van der Waals surface area contributed by atoms with Gasteiger partial charge in [0.2, 0.25) is 0 Å². The van der Waals surface area contributed by atoms with Gasteiger partial charge in [-0.1, -0.05) is 13.3 Å². The maximum absolute atomic E-state index is 6.12. The van der Waals surface area contributed by atoms with Crippen LogP contribution >= 0.6 is 0 Å². The summed E-state index contributed by atoms with van der Waals surface area (Å²) in [5.74, 6) is 0. The molecule has 0 aromatic carbocycles. The first kappa shape index (κ1) is 13.6. The van der Waals surface area contributed by atoms with Crippen molar-refractivity contribution in [3.8, 4) is 0 Å².